The summed E-state index contributed by atoms with van der Waals surface area (Å²) in [5.41, 5.74) is 7.19. The van der Waals surface area contributed by atoms with Crippen molar-refractivity contribution in [2.45, 2.75) is 4.90 Å². The van der Waals surface area contributed by atoms with Crippen LogP contribution in [-0.2, 0) is 11.0 Å². The van der Waals surface area contributed by atoms with Gasteiger partial charge in [-0.15, -0.1) is 0 Å². The highest BCUT2D eigenvalue weighted by atomic mass is 32.2. The minimum atomic E-state index is -1.41. The molecule has 0 amide bonds. The highest BCUT2D eigenvalue weighted by Gasteiger charge is 2.06. The third-order valence-electron chi connectivity index (χ3n) is 2.34. The Bertz CT molecular complexity index is 617. The van der Waals surface area contributed by atoms with E-state index >= 15 is 0 Å². The third-order valence-corrected chi connectivity index (χ3v) is 3.45. The lowest BCUT2D eigenvalue weighted by molar-refractivity contribution is 0.686. The summed E-state index contributed by atoms with van der Waals surface area (Å²) in [6.07, 6.45) is 0. The van der Waals surface area contributed by atoms with Crippen molar-refractivity contribution < 1.29 is 4.21 Å². The molecule has 0 spiro atoms. The van der Waals surface area contributed by atoms with E-state index in [1.165, 1.54) is 0 Å². The van der Waals surface area contributed by atoms with Crippen LogP contribution in [0.4, 0.5) is 11.4 Å². The SMILES string of the molecule is N#Cc1ccccc1NS(=O)c1ccc(N)cc1. The Hall–Kier alpha value is -2.32. The second-order valence-electron chi connectivity index (χ2n) is 3.60. The molecule has 0 aliphatic heterocycles. The summed E-state index contributed by atoms with van der Waals surface area (Å²) >= 11 is 0. The quantitative estimate of drug-likeness (QED) is 0.828. The fourth-order valence-corrected chi connectivity index (χ4v) is 2.30. The van der Waals surface area contributed by atoms with Gasteiger partial charge in [0.15, 0.2) is 0 Å². The van der Waals surface area contributed by atoms with E-state index in [-0.39, 0.29) is 0 Å². The lowest BCUT2D eigenvalue weighted by Gasteiger charge is -2.07. The van der Waals surface area contributed by atoms with Crippen LogP contribution in [0.2, 0.25) is 0 Å². The van der Waals surface area contributed by atoms with E-state index in [1.807, 2.05) is 6.07 Å². The number of rotatable bonds is 3. The fourth-order valence-electron chi connectivity index (χ4n) is 1.42. The molecule has 0 aliphatic carbocycles. The number of nitrogens with zero attached hydrogens (tertiary/aromatic N) is 1. The van der Waals surface area contributed by atoms with E-state index < -0.39 is 11.0 Å². The average Bonchev–Trinajstić information content (AvgIpc) is 2.40. The minimum absolute atomic E-state index is 0.460. The number of nitrogens with two attached hydrogens (primary N) is 1. The van der Waals surface area contributed by atoms with Crippen LogP contribution in [0, 0.1) is 11.3 Å². The van der Waals surface area contributed by atoms with Crippen molar-refractivity contribution in [3.05, 3.63) is 54.1 Å². The molecule has 0 heterocycles. The molecule has 1 unspecified atom stereocenters. The molecular weight excluding hydrogens is 246 g/mol. The van der Waals surface area contributed by atoms with Gasteiger partial charge in [0.1, 0.15) is 17.1 Å². The van der Waals surface area contributed by atoms with E-state index in [0.717, 1.165) is 0 Å². The Morgan fingerprint density at radius 3 is 2.44 bits per heavy atom. The molecule has 0 radical (unpaired) electrons. The summed E-state index contributed by atoms with van der Waals surface area (Å²) < 4.78 is 14.8. The van der Waals surface area contributed by atoms with Crippen LogP contribution >= 0.6 is 0 Å². The van der Waals surface area contributed by atoms with Gasteiger partial charge in [-0.3, -0.25) is 4.72 Å². The molecule has 0 aliphatic rings. The molecule has 0 bridgehead atoms. The molecule has 1 atom stereocenters. The van der Waals surface area contributed by atoms with E-state index in [1.54, 1.807) is 48.5 Å². The van der Waals surface area contributed by atoms with Crippen molar-refractivity contribution >= 4 is 22.4 Å². The average molecular weight is 257 g/mol. The van der Waals surface area contributed by atoms with E-state index in [2.05, 4.69) is 4.72 Å². The first kappa shape index (κ1) is 12.1. The Morgan fingerprint density at radius 2 is 1.78 bits per heavy atom. The van der Waals surface area contributed by atoms with Crippen LogP contribution < -0.4 is 10.5 Å². The third kappa shape index (κ3) is 2.67. The van der Waals surface area contributed by atoms with Gasteiger partial charge in [-0.05, 0) is 36.4 Å². The molecule has 0 aromatic heterocycles. The van der Waals surface area contributed by atoms with Crippen LogP contribution in [0.5, 0.6) is 0 Å². The molecule has 3 N–H and O–H groups in total. The number of nitrogens with one attached hydrogen (secondary N) is 1. The van der Waals surface area contributed by atoms with Crippen molar-refractivity contribution in [3.8, 4) is 6.07 Å². The van der Waals surface area contributed by atoms with Crippen molar-refractivity contribution in [1.82, 2.24) is 0 Å². The molecule has 0 fully saturated rings. The highest BCUT2D eigenvalue weighted by molar-refractivity contribution is 7.86. The summed E-state index contributed by atoms with van der Waals surface area (Å²) in [6.45, 7) is 0. The molecule has 2 rings (SSSR count). The number of anilines is 2. The maximum Gasteiger partial charge on any atom is 0.150 e. The number of benzene rings is 2. The lowest BCUT2D eigenvalue weighted by atomic mass is 10.2. The smallest absolute Gasteiger partial charge is 0.150 e. The van der Waals surface area contributed by atoms with Gasteiger partial charge in [0.05, 0.1) is 16.1 Å². The predicted octanol–water partition coefficient (Wildman–Crippen LogP) is 2.28. The molecule has 0 saturated carbocycles. The van der Waals surface area contributed by atoms with Crippen LogP contribution in [0.3, 0.4) is 0 Å². The standard InChI is InChI=1S/C13H11N3OS/c14-9-10-3-1-2-4-13(10)16-18(17)12-7-5-11(15)6-8-12/h1-8,16H,15H2. The summed E-state index contributed by atoms with van der Waals surface area (Å²) in [5.74, 6) is 0. The molecule has 18 heavy (non-hydrogen) atoms. The largest absolute Gasteiger partial charge is 0.399 e. The van der Waals surface area contributed by atoms with Crippen molar-refractivity contribution in [2.75, 3.05) is 10.5 Å². The zero-order valence-corrected chi connectivity index (χ0v) is 10.3. The molecular formula is C13H11N3OS. The molecule has 2 aromatic rings. The highest BCUT2D eigenvalue weighted by Crippen LogP contribution is 2.17. The number of nitriles is 1. The first-order valence-corrected chi connectivity index (χ1v) is 6.39. The predicted molar refractivity (Wildman–Crippen MR) is 72.0 cm³/mol. The van der Waals surface area contributed by atoms with Gasteiger partial charge in [0.2, 0.25) is 0 Å². The zero-order valence-electron chi connectivity index (χ0n) is 9.46. The van der Waals surface area contributed by atoms with Gasteiger partial charge in [0, 0.05) is 5.69 Å². The van der Waals surface area contributed by atoms with Crippen LogP contribution in [0.15, 0.2) is 53.4 Å². The van der Waals surface area contributed by atoms with Gasteiger partial charge < -0.3 is 5.73 Å². The van der Waals surface area contributed by atoms with Gasteiger partial charge in [-0.2, -0.15) is 5.26 Å². The van der Waals surface area contributed by atoms with E-state index in [9.17, 15) is 4.21 Å². The second kappa shape index (κ2) is 5.34. The number of nitrogen functional groups attached to an aromatic ring is 1. The van der Waals surface area contributed by atoms with Gasteiger partial charge >= 0.3 is 0 Å². The normalized spacial score (nSPS) is 11.5. The van der Waals surface area contributed by atoms with E-state index in [4.69, 9.17) is 11.0 Å². The first-order valence-electron chi connectivity index (χ1n) is 5.24. The maximum absolute atomic E-state index is 12.0. The monoisotopic (exact) mass is 257 g/mol. The van der Waals surface area contributed by atoms with Gasteiger partial charge in [0.25, 0.3) is 0 Å². The van der Waals surface area contributed by atoms with Crippen LogP contribution in [0.1, 0.15) is 5.56 Å². The minimum Gasteiger partial charge on any atom is -0.399 e. The molecule has 4 nitrogen and oxygen atoms in total. The number of hydrogen-bond acceptors (Lipinski definition) is 3. The Morgan fingerprint density at radius 1 is 1.11 bits per heavy atom. The molecule has 0 saturated heterocycles. The van der Waals surface area contributed by atoms with Crippen LogP contribution in [0.25, 0.3) is 0 Å². The first-order chi connectivity index (χ1) is 8.70. The molecule has 5 heteroatoms. The van der Waals surface area contributed by atoms with Gasteiger partial charge in [-0.1, -0.05) is 12.1 Å². The Balaban J connectivity index is 2.22. The van der Waals surface area contributed by atoms with Crippen molar-refractivity contribution in [1.29, 1.82) is 5.26 Å². The lowest BCUT2D eigenvalue weighted by Crippen LogP contribution is -2.06. The zero-order chi connectivity index (χ0) is 13.0. The summed E-state index contributed by atoms with van der Waals surface area (Å²) in [5, 5.41) is 8.93. The summed E-state index contributed by atoms with van der Waals surface area (Å²) in [6, 6.07) is 15.7. The maximum atomic E-state index is 12.0. The number of para-hydroxylation sites is 1. The fraction of sp³-hybridized carbons (Fsp3) is 0. The summed E-state index contributed by atoms with van der Waals surface area (Å²) in [4.78, 5) is 0.608. The van der Waals surface area contributed by atoms with Gasteiger partial charge in [-0.25, -0.2) is 4.21 Å². The van der Waals surface area contributed by atoms with Crippen molar-refractivity contribution in [2.24, 2.45) is 0 Å². The Kier molecular flexibility index (Phi) is 3.60. The van der Waals surface area contributed by atoms with E-state index in [0.29, 0.717) is 21.8 Å². The number of hydrogen-bond donors (Lipinski definition) is 2. The summed E-state index contributed by atoms with van der Waals surface area (Å²) in [7, 11) is -1.41. The second-order valence-corrected chi connectivity index (χ2v) is 4.81. The van der Waals surface area contributed by atoms with Crippen LogP contribution in [-0.4, -0.2) is 4.21 Å². The van der Waals surface area contributed by atoms with Crippen molar-refractivity contribution in [3.63, 3.8) is 0 Å². The topological polar surface area (TPSA) is 78.9 Å². The molecule has 2 aromatic carbocycles. The Labute approximate surface area is 108 Å². The molecule has 90 valence electrons.